The van der Waals surface area contributed by atoms with Gasteiger partial charge in [-0.15, -0.1) is 0 Å². The summed E-state index contributed by atoms with van der Waals surface area (Å²) >= 11 is 0. The van der Waals surface area contributed by atoms with Crippen molar-refractivity contribution in [1.82, 2.24) is 0 Å². The van der Waals surface area contributed by atoms with Crippen LogP contribution < -0.4 is 4.74 Å². The Bertz CT molecular complexity index is 431. The molecule has 0 aromatic heterocycles. The van der Waals surface area contributed by atoms with E-state index < -0.39 is 5.97 Å². The topological polar surface area (TPSA) is 43.4 Å². The SMILES string of the molecule is CC(=O)Oc1ccccc1C(=O)C1CCCC1. The van der Waals surface area contributed by atoms with E-state index in [-0.39, 0.29) is 11.7 Å². The van der Waals surface area contributed by atoms with E-state index in [1.54, 1.807) is 24.3 Å². The average Bonchev–Trinajstić information content (AvgIpc) is 2.81. The summed E-state index contributed by atoms with van der Waals surface area (Å²) < 4.78 is 5.07. The van der Waals surface area contributed by atoms with Crippen molar-refractivity contribution in [1.29, 1.82) is 0 Å². The van der Waals surface area contributed by atoms with E-state index in [1.807, 2.05) is 0 Å². The van der Waals surface area contributed by atoms with Crippen LogP contribution in [-0.4, -0.2) is 11.8 Å². The number of benzene rings is 1. The number of carbonyl (C=O) groups is 2. The highest BCUT2D eigenvalue weighted by molar-refractivity contribution is 6.00. The van der Waals surface area contributed by atoms with Crippen LogP contribution in [0.1, 0.15) is 43.0 Å². The Labute approximate surface area is 101 Å². The first-order valence-electron chi connectivity index (χ1n) is 6.00. The molecule has 1 saturated carbocycles. The van der Waals surface area contributed by atoms with E-state index in [0.717, 1.165) is 25.7 Å². The van der Waals surface area contributed by atoms with E-state index in [1.165, 1.54) is 6.92 Å². The standard InChI is InChI=1S/C14H16O3/c1-10(15)17-13-9-5-4-8-12(13)14(16)11-6-2-3-7-11/h4-5,8-9,11H,2-3,6-7H2,1H3. The highest BCUT2D eigenvalue weighted by Crippen LogP contribution is 2.31. The summed E-state index contributed by atoms with van der Waals surface area (Å²) in [5.41, 5.74) is 0.537. The Morgan fingerprint density at radius 3 is 2.47 bits per heavy atom. The lowest BCUT2D eigenvalue weighted by molar-refractivity contribution is -0.131. The second kappa shape index (κ2) is 5.13. The maximum absolute atomic E-state index is 12.3. The van der Waals surface area contributed by atoms with Crippen LogP contribution >= 0.6 is 0 Å². The molecule has 0 saturated heterocycles. The second-order valence-electron chi connectivity index (χ2n) is 4.44. The molecule has 17 heavy (non-hydrogen) atoms. The zero-order valence-corrected chi connectivity index (χ0v) is 9.94. The van der Waals surface area contributed by atoms with Gasteiger partial charge in [0.05, 0.1) is 5.56 Å². The largest absolute Gasteiger partial charge is 0.426 e. The van der Waals surface area contributed by atoms with Crippen LogP contribution in [0.4, 0.5) is 0 Å². The third-order valence-electron chi connectivity index (χ3n) is 3.13. The van der Waals surface area contributed by atoms with E-state index in [9.17, 15) is 9.59 Å². The van der Waals surface area contributed by atoms with Gasteiger partial charge in [-0.25, -0.2) is 0 Å². The molecule has 0 bridgehead atoms. The van der Waals surface area contributed by atoms with Gasteiger partial charge >= 0.3 is 5.97 Å². The number of esters is 1. The first-order chi connectivity index (χ1) is 8.18. The zero-order valence-electron chi connectivity index (χ0n) is 9.94. The second-order valence-corrected chi connectivity index (χ2v) is 4.44. The summed E-state index contributed by atoms with van der Waals surface area (Å²) in [4.78, 5) is 23.2. The maximum Gasteiger partial charge on any atom is 0.308 e. The van der Waals surface area contributed by atoms with Crippen LogP contribution in [0.15, 0.2) is 24.3 Å². The summed E-state index contributed by atoms with van der Waals surface area (Å²) in [6.45, 7) is 1.34. The van der Waals surface area contributed by atoms with Crippen LogP contribution in [0.3, 0.4) is 0 Å². The highest BCUT2D eigenvalue weighted by Gasteiger charge is 2.26. The van der Waals surface area contributed by atoms with Crippen molar-refractivity contribution in [3.8, 4) is 5.75 Å². The fraction of sp³-hybridized carbons (Fsp3) is 0.429. The molecule has 0 N–H and O–H groups in total. The lowest BCUT2D eigenvalue weighted by atomic mass is 9.96. The number of ether oxygens (including phenoxy) is 1. The van der Waals surface area contributed by atoms with Gasteiger partial charge in [0.2, 0.25) is 0 Å². The Balaban J connectivity index is 2.24. The number of para-hydroxylation sites is 1. The van der Waals surface area contributed by atoms with E-state index in [2.05, 4.69) is 0 Å². The van der Waals surface area contributed by atoms with Gasteiger partial charge < -0.3 is 4.74 Å². The lowest BCUT2D eigenvalue weighted by Crippen LogP contribution is -2.14. The molecule has 3 nitrogen and oxygen atoms in total. The smallest absolute Gasteiger partial charge is 0.308 e. The Kier molecular flexibility index (Phi) is 3.57. The number of Topliss-reactive ketones (excluding diaryl/α,β-unsaturated/α-hetero) is 1. The number of carbonyl (C=O) groups excluding carboxylic acids is 2. The van der Waals surface area contributed by atoms with Crippen molar-refractivity contribution >= 4 is 11.8 Å². The van der Waals surface area contributed by atoms with Crippen LogP contribution in [0.2, 0.25) is 0 Å². The van der Waals surface area contributed by atoms with E-state index in [4.69, 9.17) is 4.74 Å². The number of rotatable bonds is 3. The predicted molar refractivity (Wildman–Crippen MR) is 64.0 cm³/mol. The fourth-order valence-corrected chi connectivity index (χ4v) is 2.32. The molecular formula is C14H16O3. The first kappa shape index (κ1) is 11.8. The molecule has 1 aliphatic rings. The molecule has 0 amide bonds. The maximum atomic E-state index is 12.3. The molecule has 0 radical (unpaired) electrons. The molecule has 1 fully saturated rings. The van der Waals surface area contributed by atoms with Gasteiger partial charge in [-0.2, -0.15) is 0 Å². The molecular weight excluding hydrogens is 216 g/mol. The Morgan fingerprint density at radius 2 is 1.82 bits per heavy atom. The molecule has 1 aromatic carbocycles. The minimum atomic E-state index is -0.392. The number of hydrogen-bond acceptors (Lipinski definition) is 3. The van der Waals surface area contributed by atoms with Crippen LogP contribution in [-0.2, 0) is 4.79 Å². The molecule has 0 spiro atoms. The van der Waals surface area contributed by atoms with Gasteiger partial charge in [0, 0.05) is 12.8 Å². The zero-order chi connectivity index (χ0) is 12.3. The predicted octanol–water partition coefficient (Wildman–Crippen LogP) is 2.98. The molecule has 0 heterocycles. The molecule has 0 aliphatic heterocycles. The summed E-state index contributed by atoms with van der Waals surface area (Å²) in [5, 5.41) is 0. The fourth-order valence-electron chi connectivity index (χ4n) is 2.32. The quantitative estimate of drug-likeness (QED) is 0.457. The highest BCUT2D eigenvalue weighted by atomic mass is 16.5. The van der Waals surface area contributed by atoms with Crippen LogP contribution in [0, 0.1) is 5.92 Å². The van der Waals surface area contributed by atoms with Crippen molar-refractivity contribution < 1.29 is 14.3 Å². The van der Waals surface area contributed by atoms with E-state index >= 15 is 0 Å². The van der Waals surface area contributed by atoms with Gasteiger partial charge in [-0.1, -0.05) is 25.0 Å². The molecule has 3 heteroatoms. The van der Waals surface area contributed by atoms with Crippen LogP contribution in [0.25, 0.3) is 0 Å². The minimum absolute atomic E-state index is 0.103. The summed E-state index contributed by atoms with van der Waals surface area (Å²) in [6.07, 6.45) is 4.14. The van der Waals surface area contributed by atoms with Crippen molar-refractivity contribution in [2.75, 3.05) is 0 Å². The van der Waals surface area contributed by atoms with Crippen molar-refractivity contribution in [2.24, 2.45) is 5.92 Å². The van der Waals surface area contributed by atoms with E-state index in [0.29, 0.717) is 11.3 Å². The molecule has 0 unspecified atom stereocenters. The molecule has 1 aromatic rings. The third kappa shape index (κ3) is 2.73. The van der Waals surface area contributed by atoms with Crippen molar-refractivity contribution in [3.05, 3.63) is 29.8 Å². The monoisotopic (exact) mass is 232 g/mol. The number of ketones is 1. The first-order valence-corrected chi connectivity index (χ1v) is 6.00. The summed E-state index contributed by atoms with van der Waals surface area (Å²) in [5.74, 6) is 0.208. The van der Waals surface area contributed by atoms with Gasteiger partial charge in [0.15, 0.2) is 5.78 Å². The van der Waals surface area contributed by atoms with Gasteiger partial charge in [-0.05, 0) is 25.0 Å². The van der Waals surface area contributed by atoms with Gasteiger partial charge in [0.1, 0.15) is 5.75 Å². The Hall–Kier alpha value is -1.64. The van der Waals surface area contributed by atoms with Crippen molar-refractivity contribution in [2.45, 2.75) is 32.6 Å². The molecule has 90 valence electrons. The van der Waals surface area contributed by atoms with Crippen LogP contribution in [0.5, 0.6) is 5.75 Å². The average molecular weight is 232 g/mol. The summed E-state index contributed by atoms with van der Waals surface area (Å²) in [6, 6.07) is 6.97. The third-order valence-corrected chi connectivity index (χ3v) is 3.13. The van der Waals surface area contributed by atoms with Gasteiger partial charge in [-0.3, -0.25) is 9.59 Å². The van der Waals surface area contributed by atoms with Crippen molar-refractivity contribution in [3.63, 3.8) is 0 Å². The molecule has 1 aliphatic carbocycles. The molecule has 2 rings (SSSR count). The normalized spacial score (nSPS) is 15.8. The summed E-state index contributed by atoms with van der Waals surface area (Å²) in [7, 11) is 0. The number of hydrogen-bond donors (Lipinski definition) is 0. The lowest BCUT2D eigenvalue weighted by Gasteiger charge is -2.11. The van der Waals surface area contributed by atoms with Gasteiger partial charge in [0.25, 0.3) is 0 Å². The Morgan fingerprint density at radius 1 is 1.18 bits per heavy atom. The minimum Gasteiger partial charge on any atom is -0.426 e. The molecule has 0 atom stereocenters.